The van der Waals surface area contributed by atoms with Gasteiger partial charge in [0, 0.05) is 23.6 Å². The van der Waals surface area contributed by atoms with E-state index in [1.807, 2.05) is 37.3 Å². The number of nitrogens with one attached hydrogen (secondary N) is 1. The summed E-state index contributed by atoms with van der Waals surface area (Å²) in [5.41, 5.74) is 3.07. The van der Waals surface area contributed by atoms with Gasteiger partial charge in [0.15, 0.2) is 5.78 Å². The van der Waals surface area contributed by atoms with Gasteiger partial charge in [0.25, 0.3) is 0 Å². The number of hydrogen-bond donors (Lipinski definition) is 1. The van der Waals surface area contributed by atoms with Crippen LogP contribution >= 0.6 is 11.8 Å². The number of benzene rings is 1. The summed E-state index contributed by atoms with van der Waals surface area (Å²) in [6.45, 7) is 6.19. The monoisotopic (exact) mass is 377 g/mol. The van der Waals surface area contributed by atoms with Crippen molar-refractivity contribution in [2.24, 2.45) is 11.3 Å². The van der Waals surface area contributed by atoms with E-state index in [-0.39, 0.29) is 17.1 Å². The Balaban J connectivity index is 1.99. The van der Waals surface area contributed by atoms with Crippen LogP contribution in [-0.2, 0) is 4.79 Å². The number of nitrogens with zero attached hydrogens (tertiary/aromatic N) is 2. The largest absolute Gasteiger partial charge is 0.352 e. The first-order chi connectivity index (χ1) is 12.9. The lowest BCUT2D eigenvalue weighted by atomic mass is 9.70. The van der Waals surface area contributed by atoms with E-state index in [2.05, 4.69) is 31.3 Å². The topological polar surface area (TPSA) is 76.7 Å². The zero-order chi connectivity index (χ0) is 19.6. The first-order valence-electron chi connectivity index (χ1n) is 9.19. The molecule has 4 nitrogen and oxygen atoms in total. The molecule has 138 valence electrons. The van der Waals surface area contributed by atoms with Gasteiger partial charge in [-0.1, -0.05) is 62.9 Å². The molecule has 2 atom stereocenters. The fourth-order valence-corrected chi connectivity index (χ4v) is 4.98. The summed E-state index contributed by atoms with van der Waals surface area (Å²) in [4.78, 5) is 12.8. The number of hydrogen-bond acceptors (Lipinski definition) is 5. The average Bonchev–Trinajstić information content (AvgIpc) is 2.64. The third-order valence-corrected chi connectivity index (χ3v) is 6.28. The van der Waals surface area contributed by atoms with E-state index in [0.717, 1.165) is 23.3 Å². The predicted octanol–water partition coefficient (Wildman–Crippen LogP) is 4.99. The maximum Gasteiger partial charge on any atom is 0.161 e. The minimum absolute atomic E-state index is 0.102. The Labute approximate surface area is 164 Å². The van der Waals surface area contributed by atoms with Gasteiger partial charge in [-0.3, -0.25) is 4.79 Å². The Morgan fingerprint density at radius 3 is 2.56 bits per heavy atom. The van der Waals surface area contributed by atoms with E-state index in [4.69, 9.17) is 0 Å². The van der Waals surface area contributed by atoms with E-state index < -0.39 is 5.25 Å². The fourth-order valence-electron chi connectivity index (χ4n) is 3.90. The summed E-state index contributed by atoms with van der Waals surface area (Å²) in [5, 5.41) is 23.2. The molecule has 3 rings (SSSR count). The minimum atomic E-state index is -0.413. The maximum atomic E-state index is 12.8. The van der Waals surface area contributed by atoms with Crippen LogP contribution < -0.4 is 5.32 Å². The second kappa shape index (κ2) is 7.62. The van der Waals surface area contributed by atoms with Crippen molar-refractivity contribution in [3.63, 3.8) is 0 Å². The molecule has 0 radical (unpaired) electrons. The Hall–Kier alpha value is -2.50. The Morgan fingerprint density at radius 2 is 1.96 bits per heavy atom. The standard InChI is InChI=1S/C22H23N3OS/c1-4-15-16(12-23)21(27-19(13-24)14-8-6-5-7-9-14)25-17-10-22(2,3)11-18(26)20(15)17/h5-9,15,19,25H,4,10-11H2,1-3H3. The zero-order valence-electron chi connectivity index (χ0n) is 15.9. The number of thioether (sulfide) groups is 1. The van der Waals surface area contributed by atoms with Crippen LogP contribution in [0.25, 0.3) is 0 Å². The van der Waals surface area contributed by atoms with Crippen LogP contribution in [0.2, 0.25) is 0 Å². The molecule has 2 unspecified atom stereocenters. The predicted molar refractivity (Wildman–Crippen MR) is 107 cm³/mol. The lowest BCUT2D eigenvalue weighted by Gasteiger charge is -2.38. The smallest absolute Gasteiger partial charge is 0.161 e. The van der Waals surface area contributed by atoms with Crippen LogP contribution in [0.4, 0.5) is 0 Å². The fraction of sp³-hybridized carbons (Fsp3) is 0.409. The molecule has 1 aliphatic heterocycles. The summed E-state index contributed by atoms with van der Waals surface area (Å²) in [5.74, 6) is -0.0511. The molecule has 0 aromatic heterocycles. The highest BCUT2D eigenvalue weighted by atomic mass is 32.2. The molecule has 0 saturated carbocycles. The number of dihydropyridines is 1. The Morgan fingerprint density at radius 1 is 1.26 bits per heavy atom. The van der Waals surface area contributed by atoms with Crippen molar-refractivity contribution in [3.05, 3.63) is 57.8 Å². The number of rotatable bonds is 4. The quantitative estimate of drug-likeness (QED) is 0.799. The first-order valence-corrected chi connectivity index (χ1v) is 10.1. The van der Waals surface area contributed by atoms with Crippen LogP contribution in [0.5, 0.6) is 0 Å². The van der Waals surface area contributed by atoms with Crippen molar-refractivity contribution in [1.29, 1.82) is 10.5 Å². The van der Waals surface area contributed by atoms with E-state index in [0.29, 0.717) is 23.4 Å². The first kappa shape index (κ1) is 19.3. The summed E-state index contributed by atoms with van der Waals surface area (Å²) in [7, 11) is 0. The summed E-state index contributed by atoms with van der Waals surface area (Å²) >= 11 is 1.37. The summed E-state index contributed by atoms with van der Waals surface area (Å²) in [6.07, 6.45) is 1.98. The number of carbonyl (C=O) groups excluding carboxylic acids is 1. The third-order valence-electron chi connectivity index (χ3n) is 5.11. The molecule has 1 N–H and O–H groups in total. The highest BCUT2D eigenvalue weighted by Gasteiger charge is 2.40. The van der Waals surface area contributed by atoms with Gasteiger partial charge in [-0.25, -0.2) is 0 Å². The average molecular weight is 378 g/mol. The van der Waals surface area contributed by atoms with Gasteiger partial charge in [-0.2, -0.15) is 10.5 Å². The highest BCUT2D eigenvalue weighted by Crippen LogP contribution is 2.47. The SMILES string of the molecule is CCC1C(C#N)=C(SC(C#N)c2ccccc2)NC2=C1C(=O)CC(C)(C)C2. The molecule has 0 fully saturated rings. The van der Waals surface area contributed by atoms with Gasteiger partial charge < -0.3 is 5.32 Å². The molecule has 0 amide bonds. The van der Waals surface area contributed by atoms with Gasteiger partial charge in [0.2, 0.25) is 0 Å². The van der Waals surface area contributed by atoms with Crippen molar-refractivity contribution in [2.45, 2.75) is 45.3 Å². The molecule has 5 heteroatoms. The molecule has 27 heavy (non-hydrogen) atoms. The van der Waals surface area contributed by atoms with E-state index in [9.17, 15) is 15.3 Å². The van der Waals surface area contributed by atoms with Crippen LogP contribution in [0.1, 0.15) is 50.8 Å². The van der Waals surface area contributed by atoms with E-state index in [1.165, 1.54) is 11.8 Å². The molecular formula is C22H23N3OS. The molecule has 1 aromatic rings. The van der Waals surface area contributed by atoms with Crippen LogP contribution in [-0.4, -0.2) is 5.78 Å². The van der Waals surface area contributed by atoms with Gasteiger partial charge in [0.1, 0.15) is 5.25 Å². The third kappa shape index (κ3) is 3.80. The number of allylic oxidation sites excluding steroid dienone is 3. The number of ketones is 1. The zero-order valence-corrected chi connectivity index (χ0v) is 16.7. The lowest BCUT2D eigenvalue weighted by molar-refractivity contribution is -0.118. The molecule has 1 aromatic carbocycles. The number of nitriles is 2. The van der Waals surface area contributed by atoms with Gasteiger partial charge in [-0.05, 0) is 23.8 Å². The lowest BCUT2D eigenvalue weighted by Crippen LogP contribution is -2.37. The van der Waals surface area contributed by atoms with Crippen molar-refractivity contribution >= 4 is 17.5 Å². The van der Waals surface area contributed by atoms with Gasteiger partial charge in [0.05, 0.1) is 22.7 Å². The molecule has 0 saturated heterocycles. The normalized spacial score (nSPS) is 22.4. The summed E-state index contributed by atoms with van der Waals surface area (Å²) in [6, 6.07) is 14.2. The maximum absolute atomic E-state index is 12.8. The van der Waals surface area contributed by atoms with Crippen molar-refractivity contribution in [2.75, 3.05) is 0 Å². The van der Waals surface area contributed by atoms with Crippen LogP contribution in [0, 0.1) is 34.0 Å². The van der Waals surface area contributed by atoms with Gasteiger partial charge in [-0.15, -0.1) is 0 Å². The molecule has 1 heterocycles. The van der Waals surface area contributed by atoms with Crippen LogP contribution in [0.3, 0.4) is 0 Å². The van der Waals surface area contributed by atoms with E-state index in [1.54, 1.807) is 0 Å². The van der Waals surface area contributed by atoms with Gasteiger partial charge >= 0.3 is 0 Å². The Kier molecular flexibility index (Phi) is 5.44. The molecule has 0 spiro atoms. The molecular weight excluding hydrogens is 354 g/mol. The second-order valence-corrected chi connectivity index (χ2v) is 8.93. The van der Waals surface area contributed by atoms with Crippen molar-refractivity contribution in [1.82, 2.24) is 5.32 Å². The Bertz CT molecular complexity index is 900. The van der Waals surface area contributed by atoms with Crippen molar-refractivity contribution in [3.8, 4) is 12.1 Å². The minimum Gasteiger partial charge on any atom is -0.352 e. The second-order valence-electron chi connectivity index (χ2n) is 7.81. The summed E-state index contributed by atoms with van der Waals surface area (Å²) < 4.78 is 0. The van der Waals surface area contributed by atoms with Crippen LogP contribution in [0.15, 0.2) is 52.2 Å². The molecule has 0 bridgehead atoms. The number of carbonyl (C=O) groups is 1. The number of Topliss-reactive ketones (excluding diaryl/α,β-unsaturated/α-hetero) is 1. The highest BCUT2D eigenvalue weighted by molar-refractivity contribution is 8.03. The molecule has 2 aliphatic rings. The van der Waals surface area contributed by atoms with Crippen molar-refractivity contribution < 1.29 is 4.79 Å². The van der Waals surface area contributed by atoms with E-state index >= 15 is 0 Å². The molecule has 1 aliphatic carbocycles.